The van der Waals surface area contributed by atoms with Crippen LogP contribution in [0.3, 0.4) is 0 Å². The van der Waals surface area contributed by atoms with Crippen molar-refractivity contribution in [3.8, 4) is 11.3 Å². The fraction of sp³-hybridized carbons (Fsp3) is 0.0370. The summed E-state index contributed by atoms with van der Waals surface area (Å²) in [7, 11) is 0. The highest BCUT2D eigenvalue weighted by Crippen LogP contribution is 2.25. The average molecular weight is 552 g/mol. The van der Waals surface area contributed by atoms with Crippen molar-refractivity contribution in [2.75, 3.05) is 16.1 Å². The van der Waals surface area contributed by atoms with Crippen LogP contribution < -0.4 is 16.1 Å². The van der Waals surface area contributed by atoms with Gasteiger partial charge in [0.1, 0.15) is 11.5 Å². The Labute approximate surface area is 232 Å². The third kappa shape index (κ3) is 6.64. The van der Waals surface area contributed by atoms with Gasteiger partial charge in [0.15, 0.2) is 0 Å². The van der Waals surface area contributed by atoms with E-state index < -0.39 is 9.85 Å². The Bertz CT molecular complexity index is 1740. The number of aromatic nitrogens is 3. The second-order valence-corrected chi connectivity index (χ2v) is 8.55. The van der Waals surface area contributed by atoms with Crippen LogP contribution in [0.15, 0.2) is 94.4 Å². The Morgan fingerprint density at radius 3 is 2.02 bits per heavy atom. The lowest BCUT2D eigenvalue weighted by Crippen LogP contribution is -2.07. The normalized spacial score (nSPS) is 10.9. The summed E-state index contributed by atoms with van der Waals surface area (Å²) in [4.78, 5) is 34.0. The molecule has 0 fully saturated rings. The van der Waals surface area contributed by atoms with Crippen LogP contribution in [0.1, 0.15) is 11.3 Å². The number of para-hydroxylation sites is 1. The van der Waals surface area contributed by atoms with Crippen molar-refractivity contribution >= 4 is 46.8 Å². The molecule has 0 saturated heterocycles. The first kappa shape index (κ1) is 26.4. The summed E-state index contributed by atoms with van der Waals surface area (Å²) in [6.45, 7) is 1.94. The topological polar surface area (TPSA) is 187 Å². The van der Waals surface area contributed by atoms with E-state index in [0.29, 0.717) is 22.8 Å². The predicted molar refractivity (Wildman–Crippen MR) is 153 cm³/mol. The molecule has 2 heterocycles. The zero-order chi connectivity index (χ0) is 28.8. The van der Waals surface area contributed by atoms with Crippen molar-refractivity contribution < 1.29 is 14.3 Å². The first-order valence-electron chi connectivity index (χ1n) is 12.1. The van der Waals surface area contributed by atoms with Gasteiger partial charge < -0.3 is 15.1 Å². The fourth-order valence-electron chi connectivity index (χ4n) is 3.65. The molecule has 14 nitrogen and oxygen atoms in total. The minimum absolute atomic E-state index is 0.0117. The van der Waals surface area contributed by atoms with E-state index in [1.54, 1.807) is 36.4 Å². The molecule has 0 aliphatic heterocycles. The van der Waals surface area contributed by atoms with Gasteiger partial charge in [0.2, 0.25) is 17.8 Å². The van der Waals surface area contributed by atoms with Crippen LogP contribution in [0.5, 0.6) is 0 Å². The van der Waals surface area contributed by atoms with Crippen LogP contribution in [-0.2, 0) is 0 Å². The van der Waals surface area contributed by atoms with E-state index in [2.05, 4.69) is 36.1 Å². The van der Waals surface area contributed by atoms with Crippen LogP contribution in [0.25, 0.3) is 11.3 Å². The van der Waals surface area contributed by atoms with E-state index in [-0.39, 0.29) is 29.2 Å². The van der Waals surface area contributed by atoms with Crippen molar-refractivity contribution in [1.82, 2.24) is 15.0 Å². The molecule has 14 heteroatoms. The molecule has 3 N–H and O–H groups in total. The van der Waals surface area contributed by atoms with E-state index in [1.807, 2.05) is 31.2 Å². The monoisotopic (exact) mass is 551 g/mol. The molecule has 5 aromatic rings. The van der Waals surface area contributed by atoms with Gasteiger partial charge >= 0.3 is 0 Å². The largest absolute Gasteiger partial charge is 0.455 e. The molecule has 0 atom stereocenters. The molecule has 0 bridgehead atoms. The highest BCUT2D eigenvalue weighted by Gasteiger charge is 2.11. The number of aryl methyl sites for hydroxylation is 1. The maximum Gasteiger partial charge on any atom is 0.269 e. The zero-order valence-corrected chi connectivity index (χ0v) is 21.4. The Balaban J connectivity index is 1.35. The van der Waals surface area contributed by atoms with Crippen molar-refractivity contribution in [2.24, 2.45) is 5.10 Å². The molecule has 204 valence electrons. The molecule has 0 radical (unpaired) electrons. The number of nitrogens with zero attached hydrogens (tertiary/aromatic N) is 6. The minimum atomic E-state index is -0.481. The molecule has 5 rings (SSSR count). The van der Waals surface area contributed by atoms with Crippen LogP contribution in [0.2, 0.25) is 0 Å². The van der Waals surface area contributed by atoms with Gasteiger partial charge in [-0.2, -0.15) is 20.1 Å². The van der Waals surface area contributed by atoms with Crippen LogP contribution in [0.4, 0.5) is 40.6 Å². The SMILES string of the molecule is Cc1ccccc1Nc1nc(NN=Cc2ccc(-c3ccc([N+](=O)[O-])cc3)o2)nc(Nc2ccc([N+](=O)[O-])cc2)n1. The van der Waals surface area contributed by atoms with Crippen LogP contribution in [-0.4, -0.2) is 31.0 Å². The second kappa shape index (κ2) is 11.7. The molecule has 0 aliphatic rings. The van der Waals surface area contributed by atoms with E-state index in [1.165, 1.54) is 30.5 Å². The average Bonchev–Trinajstić information content (AvgIpc) is 3.43. The number of benzene rings is 3. The van der Waals surface area contributed by atoms with Crippen LogP contribution >= 0.6 is 0 Å². The van der Waals surface area contributed by atoms with Gasteiger partial charge in [0.25, 0.3) is 11.4 Å². The summed E-state index contributed by atoms with van der Waals surface area (Å²) in [6.07, 6.45) is 1.43. The van der Waals surface area contributed by atoms with E-state index in [0.717, 1.165) is 11.3 Å². The number of rotatable bonds is 10. The third-order valence-corrected chi connectivity index (χ3v) is 5.71. The standard InChI is InChI=1S/C27H21N9O5/c1-17-4-2-3-5-23(17)30-26-31-25(29-19-8-12-21(13-9-19)36(39)40)32-27(33-26)34-28-16-22-14-15-24(41-22)18-6-10-20(11-7-18)35(37)38/h2-16H,1H3,(H3,29,30,31,32,33,34). The number of hydrogen-bond donors (Lipinski definition) is 3. The van der Waals surface area contributed by atoms with Gasteiger partial charge in [-0.25, -0.2) is 5.43 Å². The predicted octanol–water partition coefficient (Wildman–Crippen LogP) is 6.19. The lowest BCUT2D eigenvalue weighted by molar-refractivity contribution is -0.385. The smallest absolute Gasteiger partial charge is 0.269 e. The number of hydrazone groups is 1. The second-order valence-electron chi connectivity index (χ2n) is 8.55. The first-order valence-corrected chi connectivity index (χ1v) is 12.1. The molecule has 0 amide bonds. The summed E-state index contributed by atoms with van der Waals surface area (Å²) in [5, 5.41) is 32.2. The number of nitro groups is 2. The maximum absolute atomic E-state index is 11.0. The van der Waals surface area contributed by atoms with E-state index in [4.69, 9.17) is 4.42 Å². The highest BCUT2D eigenvalue weighted by molar-refractivity contribution is 5.78. The molecular weight excluding hydrogens is 530 g/mol. The van der Waals surface area contributed by atoms with Crippen LogP contribution in [0, 0.1) is 27.2 Å². The van der Waals surface area contributed by atoms with Gasteiger partial charge in [-0.05, 0) is 55.0 Å². The molecule has 0 aliphatic carbocycles. The number of nitrogens with one attached hydrogen (secondary N) is 3. The summed E-state index contributed by atoms with van der Waals surface area (Å²) < 4.78 is 5.77. The Kier molecular flexibility index (Phi) is 7.54. The third-order valence-electron chi connectivity index (χ3n) is 5.71. The quantitative estimate of drug-likeness (QED) is 0.102. The van der Waals surface area contributed by atoms with E-state index in [9.17, 15) is 20.2 Å². The highest BCUT2D eigenvalue weighted by atomic mass is 16.6. The Hall–Kier alpha value is -6.18. The van der Waals surface area contributed by atoms with Gasteiger partial charge in [-0.15, -0.1) is 0 Å². The van der Waals surface area contributed by atoms with E-state index >= 15 is 0 Å². The Morgan fingerprint density at radius 1 is 0.756 bits per heavy atom. The number of furan rings is 1. The zero-order valence-electron chi connectivity index (χ0n) is 21.4. The van der Waals surface area contributed by atoms with Crippen molar-refractivity contribution in [1.29, 1.82) is 0 Å². The first-order chi connectivity index (χ1) is 19.8. The Morgan fingerprint density at radius 2 is 1.37 bits per heavy atom. The molecular formula is C27H21N9O5. The molecule has 41 heavy (non-hydrogen) atoms. The lowest BCUT2D eigenvalue weighted by Gasteiger charge is -2.11. The molecule has 3 aromatic carbocycles. The summed E-state index contributed by atoms with van der Waals surface area (Å²) in [5.41, 5.74) is 5.69. The number of nitro benzene ring substituents is 2. The van der Waals surface area contributed by atoms with Gasteiger partial charge in [0.05, 0.1) is 16.1 Å². The maximum atomic E-state index is 11.0. The van der Waals surface area contributed by atoms with Crippen molar-refractivity contribution in [3.05, 3.63) is 116 Å². The van der Waals surface area contributed by atoms with Gasteiger partial charge in [-0.3, -0.25) is 20.2 Å². The summed E-state index contributed by atoms with van der Waals surface area (Å²) >= 11 is 0. The minimum Gasteiger partial charge on any atom is -0.455 e. The van der Waals surface area contributed by atoms with Crippen molar-refractivity contribution in [3.63, 3.8) is 0 Å². The number of hydrogen-bond acceptors (Lipinski definition) is 12. The molecule has 0 unspecified atom stereocenters. The summed E-state index contributed by atoms with van der Waals surface area (Å²) in [6, 6.07) is 22.9. The summed E-state index contributed by atoms with van der Waals surface area (Å²) in [5.74, 6) is 1.44. The molecule has 2 aromatic heterocycles. The molecule has 0 spiro atoms. The van der Waals surface area contributed by atoms with Crippen molar-refractivity contribution in [2.45, 2.75) is 6.92 Å². The lowest BCUT2D eigenvalue weighted by atomic mass is 10.1. The fourth-order valence-corrected chi connectivity index (χ4v) is 3.65. The number of anilines is 5. The van der Waals surface area contributed by atoms with Gasteiger partial charge in [0, 0.05) is 41.2 Å². The van der Waals surface area contributed by atoms with Gasteiger partial charge in [-0.1, -0.05) is 18.2 Å². The number of non-ortho nitro benzene ring substituents is 2. The molecule has 0 saturated carbocycles.